The maximum absolute atomic E-state index is 13.9. The van der Waals surface area contributed by atoms with Crippen molar-refractivity contribution < 1.29 is 9.13 Å². The number of ether oxygens (including phenoxy) is 1. The van der Waals surface area contributed by atoms with Gasteiger partial charge in [-0.2, -0.15) is 5.26 Å². The smallest absolute Gasteiger partial charge is 0.252 e. The highest BCUT2D eigenvalue weighted by Crippen LogP contribution is 2.35. The van der Waals surface area contributed by atoms with Crippen molar-refractivity contribution in [1.29, 1.82) is 5.26 Å². The molecular formula is C29H34FN5O2. The molecule has 37 heavy (non-hydrogen) atoms. The number of aryl methyl sites for hydroxylation is 2. The maximum atomic E-state index is 13.9. The van der Waals surface area contributed by atoms with Crippen molar-refractivity contribution in [2.75, 3.05) is 36.6 Å². The minimum Gasteiger partial charge on any atom is -0.381 e. The van der Waals surface area contributed by atoms with Crippen LogP contribution >= 0.6 is 0 Å². The molecule has 3 heterocycles. The zero-order valence-electron chi connectivity index (χ0n) is 21.8. The molecule has 1 aliphatic carbocycles. The molecule has 1 aliphatic heterocycles. The monoisotopic (exact) mass is 503 g/mol. The Balaban J connectivity index is 1.38. The van der Waals surface area contributed by atoms with Crippen molar-refractivity contribution in [2.24, 2.45) is 13.0 Å². The number of fused-ring (bicyclic) bond motifs is 1. The van der Waals surface area contributed by atoms with E-state index in [9.17, 15) is 14.4 Å². The van der Waals surface area contributed by atoms with E-state index in [0.29, 0.717) is 23.2 Å². The van der Waals surface area contributed by atoms with Gasteiger partial charge in [-0.25, -0.2) is 9.37 Å². The van der Waals surface area contributed by atoms with E-state index in [-0.39, 0.29) is 17.4 Å². The van der Waals surface area contributed by atoms with E-state index in [2.05, 4.69) is 20.9 Å². The minimum absolute atomic E-state index is 0.0914. The number of nitrogens with zero attached hydrogens (tertiary/aromatic N) is 5. The molecule has 1 saturated heterocycles. The second-order valence-electron chi connectivity index (χ2n) is 10.5. The van der Waals surface area contributed by atoms with Crippen molar-refractivity contribution in [2.45, 2.75) is 51.1 Å². The zero-order valence-corrected chi connectivity index (χ0v) is 21.8. The molecular weight excluding hydrogens is 469 g/mol. The van der Waals surface area contributed by atoms with Gasteiger partial charge in [0.2, 0.25) is 0 Å². The van der Waals surface area contributed by atoms with Gasteiger partial charge in [0.15, 0.2) is 0 Å². The van der Waals surface area contributed by atoms with Gasteiger partial charge < -0.3 is 19.1 Å². The van der Waals surface area contributed by atoms with E-state index in [4.69, 9.17) is 4.74 Å². The second kappa shape index (κ2) is 10.5. The molecule has 0 bridgehead atoms. The Morgan fingerprint density at radius 1 is 1.11 bits per heavy atom. The van der Waals surface area contributed by atoms with E-state index >= 15 is 0 Å². The Morgan fingerprint density at radius 2 is 1.86 bits per heavy atom. The van der Waals surface area contributed by atoms with Gasteiger partial charge in [0.05, 0.1) is 17.8 Å². The number of aromatic nitrogens is 2. The van der Waals surface area contributed by atoms with Crippen molar-refractivity contribution in [1.82, 2.24) is 9.55 Å². The summed E-state index contributed by atoms with van der Waals surface area (Å²) in [7, 11) is 3.76. The average molecular weight is 504 g/mol. The number of hydrogen-bond donors (Lipinski definition) is 0. The van der Waals surface area contributed by atoms with Gasteiger partial charge in [-0.1, -0.05) is 0 Å². The lowest BCUT2D eigenvalue weighted by Crippen LogP contribution is -2.45. The summed E-state index contributed by atoms with van der Waals surface area (Å²) in [6.45, 7) is 4.49. The van der Waals surface area contributed by atoms with Crippen molar-refractivity contribution in [3.05, 3.63) is 63.8 Å². The van der Waals surface area contributed by atoms with E-state index in [0.717, 1.165) is 74.3 Å². The van der Waals surface area contributed by atoms with E-state index in [1.165, 1.54) is 0 Å². The first-order valence-electron chi connectivity index (χ1n) is 13.1. The largest absolute Gasteiger partial charge is 0.381 e. The third-order valence-electron chi connectivity index (χ3n) is 8.17. The van der Waals surface area contributed by atoms with Crippen molar-refractivity contribution in [3.63, 3.8) is 0 Å². The first-order valence-corrected chi connectivity index (χ1v) is 13.1. The zero-order chi connectivity index (χ0) is 26.1. The fourth-order valence-electron chi connectivity index (χ4n) is 5.99. The predicted octanol–water partition coefficient (Wildman–Crippen LogP) is 4.54. The molecule has 1 aromatic carbocycles. The summed E-state index contributed by atoms with van der Waals surface area (Å²) in [4.78, 5) is 21.9. The molecule has 0 amide bonds. The third kappa shape index (κ3) is 5.05. The van der Waals surface area contributed by atoms with Crippen LogP contribution < -0.4 is 15.4 Å². The third-order valence-corrected chi connectivity index (χ3v) is 8.17. The van der Waals surface area contributed by atoms with Crippen LogP contribution in [0.1, 0.15) is 43.4 Å². The molecule has 5 rings (SSSR count). The van der Waals surface area contributed by atoms with Crippen LogP contribution in [-0.2, 0) is 11.8 Å². The molecule has 3 aromatic rings. The van der Waals surface area contributed by atoms with E-state index in [1.54, 1.807) is 41.9 Å². The fraction of sp³-hybridized carbons (Fsp3) is 0.483. The number of hydrogen-bond acceptors (Lipinski definition) is 6. The molecule has 2 aromatic heterocycles. The van der Waals surface area contributed by atoms with Crippen LogP contribution in [0.25, 0.3) is 11.0 Å². The Morgan fingerprint density at radius 3 is 2.54 bits per heavy atom. The lowest BCUT2D eigenvalue weighted by Gasteiger charge is -2.42. The van der Waals surface area contributed by atoms with Crippen LogP contribution in [0.2, 0.25) is 0 Å². The topological polar surface area (TPSA) is 74.4 Å². The van der Waals surface area contributed by atoms with Crippen LogP contribution in [0.15, 0.2) is 41.2 Å². The summed E-state index contributed by atoms with van der Waals surface area (Å²) >= 11 is 0. The SMILES string of the molecule is Cc1cc(F)ccc1N(CC1CCOC1)C1CCC(N(C)c2cc(=O)n(C)c3ccc(C#N)nc23)CC1. The minimum atomic E-state index is -0.204. The lowest BCUT2D eigenvalue weighted by molar-refractivity contribution is 0.185. The second-order valence-corrected chi connectivity index (χ2v) is 10.5. The standard InChI is InChI=1S/C29H34FN5O2/c1-19-14-21(30)4-10-25(19)35(17-20-12-13-37-18-20)24-8-6-23(7-9-24)33(2)27-15-28(36)34(3)26-11-5-22(16-31)32-29(26)27/h4-5,10-11,14-15,20,23-24H,6-9,12-13,17-18H2,1-3H3. The molecule has 1 atom stereocenters. The normalized spacial score (nSPS) is 21.6. The fourth-order valence-corrected chi connectivity index (χ4v) is 5.99. The van der Waals surface area contributed by atoms with Crippen LogP contribution in [-0.4, -0.2) is 48.4 Å². The number of rotatable bonds is 6. The van der Waals surface area contributed by atoms with Gasteiger partial charge in [0, 0.05) is 57.0 Å². The first kappa shape index (κ1) is 25.2. The Bertz CT molecular complexity index is 1380. The van der Waals surface area contributed by atoms with E-state index in [1.807, 2.05) is 20.0 Å². The molecule has 0 spiro atoms. The Hall–Kier alpha value is -3.44. The summed E-state index contributed by atoms with van der Waals surface area (Å²) in [5, 5.41) is 9.38. The first-order chi connectivity index (χ1) is 17.9. The highest BCUT2D eigenvalue weighted by Gasteiger charge is 2.32. The Kier molecular flexibility index (Phi) is 7.16. The number of benzene rings is 1. The summed E-state index contributed by atoms with van der Waals surface area (Å²) in [6.07, 6.45) is 4.99. The van der Waals surface area contributed by atoms with Gasteiger partial charge in [0.1, 0.15) is 23.1 Å². The molecule has 1 saturated carbocycles. The van der Waals surface area contributed by atoms with E-state index < -0.39 is 0 Å². The molecule has 8 heteroatoms. The molecule has 0 radical (unpaired) electrons. The van der Waals surface area contributed by atoms with Gasteiger partial charge in [-0.3, -0.25) is 4.79 Å². The summed E-state index contributed by atoms with van der Waals surface area (Å²) in [5.74, 6) is 0.280. The van der Waals surface area contributed by atoms with Crippen LogP contribution in [0.3, 0.4) is 0 Å². The molecule has 2 fully saturated rings. The van der Waals surface area contributed by atoms with Crippen LogP contribution in [0.5, 0.6) is 0 Å². The predicted molar refractivity (Wildman–Crippen MR) is 144 cm³/mol. The molecule has 0 N–H and O–H groups in total. The number of pyridine rings is 2. The highest BCUT2D eigenvalue weighted by molar-refractivity contribution is 5.88. The highest BCUT2D eigenvalue weighted by atomic mass is 19.1. The van der Waals surface area contributed by atoms with Crippen LogP contribution in [0, 0.1) is 30.0 Å². The summed E-state index contributed by atoms with van der Waals surface area (Å²) in [6, 6.07) is 12.9. The quantitative estimate of drug-likeness (QED) is 0.492. The Labute approximate surface area is 217 Å². The van der Waals surface area contributed by atoms with Gasteiger partial charge in [-0.05, 0) is 74.9 Å². The number of anilines is 2. The van der Waals surface area contributed by atoms with Gasteiger partial charge >= 0.3 is 0 Å². The number of halogens is 1. The lowest BCUT2D eigenvalue weighted by atomic mass is 9.88. The maximum Gasteiger partial charge on any atom is 0.252 e. The summed E-state index contributed by atoms with van der Waals surface area (Å²) < 4.78 is 21.1. The van der Waals surface area contributed by atoms with Gasteiger partial charge in [0.25, 0.3) is 5.56 Å². The molecule has 7 nitrogen and oxygen atoms in total. The van der Waals surface area contributed by atoms with Crippen molar-refractivity contribution in [3.8, 4) is 6.07 Å². The molecule has 194 valence electrons. The number of nitriles is 1. The van der Waals surface area contributed by atoms with Gasteiger partial charge in [-0.15, -0.1) is 0 Å². The van der Waals surface area contributed by atoms with Crippen molar-refractivity contribution >= 4 is 22.4 Å². The van der Waals surface area contributed by atoms with Crippen LogP contribution in [0.4, 0.5) is 15.8 Å². The summed E-state index contributed by atoms with van der Waals surface area (Å²) in [5.41, 5.74) is 4.49. The molecule has 2 aliphatic rings. The average Bonchev–Trinajstić information content (AvgIpc) is 3.42. The molecule has 1 unspecified atom stereocenters.